The van der Waals surface area contributed by atoms with Gasteiger partial charge in [0, 0.05) is 11.1 Å². The van der Waals surface area contributed by atoms with Crippen molar-refractivity contribution in [2.75, 3.05) is 0 Å². The molecule has 4 N–H and O–H groups in total. The monoisotopic (exact) mass is 434 g/mol. The number of ether oxygens (including phenoxy) is 1. The summed E-state index contributed by atoms with van der Waals surface area (Å²) >= 11 is 0. The molecule has 0 radical (unpaired) electrons. The minimum absolute atomic E-state index is 0.0109. The van der Waals surface area contributed by atoms with Gasteiger partial charge in [-0.1, -0.05) is 92.2 Å². The maximum atomic E-state index is 10.7. The predicted molar refractivity (Wildman–Crippen MR) is 114 cm³/mol. The van der Waals surface area contributed by atoms with Crippen LogP contribution in [0.2, 0.25) is 0 Å². The van der Waals surface area contributed by atoms with Gasteiger partial charge < -0.3 is 5.11 Å². The molecule has 0 spiro atoms. The van der Waals surface area contributed by atoms with Crippen LogP contribution in [0.25, 0.3) is 0 Å². The van der Waals surface area contributed by atoms with Crippen molar-refractivity contribution >= 4 is 0 Å². The lowest BCUT2D eigenvalue weighted by molar-refractivity contribution is -0.606. The second-order valence-electron chi connectivity index (χ2n) is 7.96. The molecule has 0 aromatic heterocycles. The number of hydrogen-bond acceptors (Lipinski definition) is 8. The molecule has 178 valence electrons. The van der Waals surface area contributed by atoms with Gasteiger partial charge in [0.15, 0.2) is 0 Å². The van der Waals surface area contributed by atoms with Gasteiger partial charge in [0.2, 0.25) is 0 Å². The van der Waals surface area contributed by atoms with Crippen LogP contribution in [0.1, 0.15) is 91.9 Å². The molecule has 0 bridgehead atoms. The Morgan fingerprint density at radius 3 is 1.53 bits per heavy atom. The molecule has 8 nitrogen and oxygen atoms in total. The van der Waals surface area contributed by atoms with Gasteiger partial charge >= 0.3 is 11.9 Å². The van der Waals surface area contributed by atoms with E-state index in [1.807, 2.05) is 13.8 Å². The van der Waals surface area contributed by atoms with Gasteiger partial charge in [0.05, 0.1) is 0 Å². The number of unbranched alkanes of at least 4 members (excludes halogenated alkanes) is 2. The topological polar surface area (TPSA) is 118 Å². The molecule has 8 heteroatoms. The van der Waals surface area contributed by atoms with Crippen molar-refractivity contribution in [3.63, 3.8) is 0 Å². The van der Waals surface area contributed by atoms with Crippen LogP contribution in [-0.4, -0.2) is 32.8 Å². The van der Waals surface area contributed by atoms with Crippen LogP contribution in [0.15, 0.2) is 24.3 Å². The standard InChI is InChI=1S/C22H42O8/c1-7-11-13-19(9-3)15-17(5)21(23,28-24)27-22(29-25,30-26)18(6)16-20(10-4)14-12-8-2/h19-20,23-26H,5-16H2,1-4H3. The summed E-state index contributed by atoms with van der Waals surface area (Å²) in [6.07, 6.45) is 8.02. The summed E-state index contributed by atoms with van der Waals surface area (Å²) in [7, 11) is 0. The molecular formula is C22H42O8. The first kappa shape index (κ1) is 29.2. The van der Waals surface area contributed by atoms with Crippen LogP contribution in [0.4, 0.5) is 0 Å². The van der Waals surface area contributed by atoms with E-state index in [-0.39, 0.29) is 35.8 Å². The van der Waals surface area contributed by atoms with E-state index in [4.69, 9.17) is 4.74 Å². The molecule has 0 aromatic rings. The average molecular weight is 435 g/mol. The maximum absolute atomic E-state index is 10.7. The van der Waals surface area contributed by atoms with E-state index in [2.05, 4.69) is 41.7 Å². The van der Waals surface area contributed by atoms with Gasteiger partial charge in [-0.25, -0.2) is 15.8 Å². The zero-order chi connectivity index (χ0) is 23.2. The fourth-order valence-electron chi connectivity index (χ4n) is 3.43. The Kier molecular flexibility index (Phi) is 14.6. The Hall–Kier alpha value is -0.840. The summed E-state index contributed by atoms with van der Waals surface area (Å²) < 4.78 is 5.24. The molecule has 3 unspecified atom stereocenters. The van der Waals surface area contributed by atoms with Crippen LogP contribution >= 0.6 is 0 Å². The first-order valence-electron chi connectivity index (χ1n) is 11.0. The number of hydrogen-bond donors (Lipinski definition) is 4. The van der Waals surface area contributed by atoms with E-state index in [0.717, 1.165) is 51.4 Å². The molecule has 0 saturated carbocycles. The lowest BCUT2D eigenvalue weighted by atomic mass is 9.91. The first-order valence-corrected chi connectivity index (χ1v) is 11.0. The lowest BCUT2D eigenvalue weighted by Crippen LogP contribution is -2.51. The van der Waals surface area contributed by atoms with Gasteiger partial charge in [-0.05, 0) is 24.7 Å². The van der Waals surface area contributed by atoms with Crippen molar-refractivity contribution in [2.45, 2.75) is 104 Å². The van der Waals surface area contributed by atoms with Crippen molar-refractivity contribution in [1.29, 1.82) is 0 Å². The van der Waals surface area contributed by atoms with Crippen LogP contribution in [0.3, 0.4) is 0 Å². The first-order chi connectivity index (χ1) is 14.2. The summed E-state index contributed by atoms with van der Waals surface area (Å²) in [5, 5.41) is 39.0. The van der Waals surface area contributed by atoms with Gasteiger partial charge in [0.25, 0.3) is 0 Å². The Morgan fingerprint density at radius 2 is 1.20 bits per heavy atom. The summed E-state index contributed by atoms with van der Waals surface area (Å²) in [6, 6.07) is 0. The predicted octanol–water partition coefficient (Wildman–Crippen LogP) is 6.10. The third kappa shape index (κ3) is 8.72. The van der Waals surface area contributed by atoms with Crippen molar-refractivity contribution < 1.29 is 40.3 Å². The fraction of sp³-hybridized carbons (Fsp3) is 0.818. The average Bonchev–Trinajstić information content (AvgIpc) is 2.77. The molecule has 0 rings (SSSR count). The molecule has 0 aliphatic carbocycles. The normalized spacial score (nSPS) is 16.1. The zero-order valence-corrected chi connectivity index (χ0v) is 19.1. The van der Waals surface area contributed by atoms with Crippen LogP contribution < -0.4 is 0 Å². The highest BCUT2D eigenvalue weighted by Gasteiger charge is 2.50. The third-order valence-corrected chi connectivity index (χ3v) is 5.67. The van der Waals surface area contributed by atoms with Gasteiger partial charge in [0.1, 0.15) is 0 Å². The lowest BCUT2D eigenvalue weighted by Gasteiger charge is -2.37. The Balaban J connectivity index is 5.48. The SMILES string of the molecule is C=C(CC(CC)CCCC)C(O)(OO)OC(OO)(OO)C(=C)CC(CC)CCCC. The molecule has 0 fully saturated rings. The maximum Gasteiger partial charge on any atom is 0.366 e. The number of aliphatic hydroxyl groups is 1. The molecule has 3 atom stereocenters. The highest BCUT2D eigenvalue weighted by molar-refractivity contribution is 5.09. The highest BCUT2D eigenvalue weighted by Crippen LogP contribution is 2.37. The van der Waals surface area contributed by atoms with Crippen LogP contribution in [0.5, 0.6) is 0 Å². The van der Waals surface area contributed by atoms with Gasteiger partial charge in [-0.2, -0.15) is 14.7 Å². The molecule has 0 saturated heterocycles. The summed E-state index contributed by atoms with van der Waals surface area (Å²) in [4.78, 5) is 12.7. The Labute approximate surface area is 180 Å². The van der Waals surface area contributed by atoms with Crippen molar-refractivity contribution in [2.24, 2.45) is 11.8 Å². The Morgan fingerprint density at radius 1 is 0.767 bits per heavy atom. The van der Waals surface area contributed by atoms with Crippen LogP contribution in [0, 0.1) is 11.8 Å². The number of rotatable bonds is 19. The Bertz CT molecular complexity index is 492. The minimum Gasteiger partial charge on any atom is -0.338 e. The highest BCUT2D eigenvalue weighted by atomic mass is 17.3. The van der Waals surface area contributed by atoms with E-state index >= 15 is 0 Å². The van der Waals surface area contributed by atoms with E-state index in [1.54, 1.807) is 0 Å². The smallest absolute Gasteiger partial charge is 0.338 e. The molecule has 0 aliphatic rings. The van der Waals surface area contributed by atoms with E-state index in [0.29, 0.717) is 0 Å². The van der Waals surface area contributed by atoms with Crippen LogP contribution in [-0.2, 0) is 19.4 Å². The van der Waals surface area contributed by atoms with Crippen molar-refractivity contribution in [3.05, 3.63) is 24.3 Å². The van der Waals surface area contributed by atoms with Crippen molar-refractivity contribution in [3.8, 4) is 0 Å². The fourth-order valence-corrected chi connectivity index (χ4v) is 3.43. The summed E-state index contributed by atoms with van der Waals surface area (Å²) in [5.41, 5.74) is -0.00555. The second kappa shape index (κ2) is 15.0. The van der Waals surface area contributed by atoms with E-state index < -0.39 is 11.9 Å². The largest absolute Gasteiger partial charge is 0.366 e. The van der Waals surface area contributed by atoms with E-state index in [9.17, 15) is 20.9 Å². The van der Waals surface area contributed by atoms with E-state index in [1.165, 1.54) is 0 Å². The van der Waals surface area contributed by atoms with Crippen molar-refractivity contribution in [1.82, 2.24) is 0 Å². The van der Waals surface area contributed by atoms with Gasteiger partial charge in [-0.3, -0.25) is 4.74 Å². The third-order valence-electron chi connectivity index (χ3n) is 5.67. The molecule has 30 heavy (non-hydrogen) atoms. The molecule has 0 heterocycles. The summed E-state index contributed by atoms with van der Waals surface area (Å²) in [6.45, 7) is 15.7. The zero-order valence-electron chi connectivity index (χ0n) is 19.1. The summed E-state index contributed by atoms with van der Waals surface area (Å²) in [5.74, 6) is -5.12. The molecule has 0 aliphatic heterocycles. The minimum atomic E-state index is -2.79. The molecule has 0 aromatic carbocycles. The quantitative estimate of drug-likeness (QED) is 0.0834. The molecule has 0 amide bonds. The van der Waals surface area contributed by atoms with Gasteiger partial charge in [-0.15, -0.1) is 0 Å². The molecular weight excluding hydrogens is 392 g/mol. The second-order valence-corrected chi connectivity index (χ2v) is 7.96.